The monoisotopic (exact) mass is 425 g/mol. The van der Waals surface area contributed by atoms with E-state index in [1.807, 2.05) is 44.2 Å². The molecule has 3 unspecified atom stereocenters. The van der Waals surface area contributed by atoms with Gasteiger partial charge in [-0.25, -0.2) is 8.42 Å². The van der Waals surface area contributed by atoms with Crippen LogP contribution in [0.5, 0.6) is 0 Å². The van der Waals surface area contributed by atoms with E-state index in [0.717, 1.165) is 22.0 Å². The number of nitrogens with one attached hydrogen (secondary N) is 1. The first-order chi connectivity index (χ1) is 14.3. The molecule has 3 aromatic carbocycles. The molecule has 0 bridgehead atoms. The van der Waals surface area contributed by atoms with Gasteiger partial charge in [0.05, 0.1) is 17.1 Å². The Morgan fingerprint density at radius 1 is 0.967 bits per heavy atom. The average molecular weight is 426 g/mol. The molecule has 6 nitrogen and oxygen atoms in total. The first-order valence-corrected chi connectivity index (χ1v) is 11.5. The summed E-state index contributed by atoms with van der Waals surface area (Å²) in [4.78, 5) is 0.271. The summed E-state index contributed by atoms with van der Waals surface area (Å²) in [5.41, 5.74) is 8.16. The number of hydrogen-bond donors (Lipinski definition) is 2. The molecule has 30 heavy (non-hydrogen) atoms. The SMILES string of the molecule is CC1CN(S(=O)(=O)c2ccc(NC(N)c3cccc4ccccc34)cc2)CC(C)O1. The van der Waals surface area contributed by atoms with Gasteiger partial charge >= 0.3 is 0 Å². The summed E-state index contributed by atoms with van der Waals surface area (Å²) in [5.74, 6) is 0. The number of sulfonamides is 1. The van der Waals surface area contributed by atoms with Crippen molar-refractivity contribution < 1.29 is 13.2 Å². The van der Waals surface area contributed by atoms with Gasteiger partial charge in [-0.15, -0.1) is 0 Å². The van der Waals surface area contributed by atoms with Crippen LogP contribution in [0.3, 0.4) is 0 Å². The standard InChI is InChI=1S/C23H27N3O3S/c1-16-14-26(15-17(2)29-16)30(27,28)20-12-10-19(11-13-20)25-23(24)22-9-5-7-18-6-3-4-8-21(18)22/h3-13,16-17,23,25H,14-15,24H2,1-2H3. The molecule has 0 saturated carbocycles. The van der Waals surface area contributed by atoms with Gasteiger partial charge in [0.1, 0.15) is 6.17 Å². The Hall–Kier alpha value is -2.45. The van der Waals surface area contributed by atoms with Gasteiger partial charge in [-0.05, 0) is 54.4 Å². The fourth-order valence-electron chi connectivity index (χ4n) is 3.98. The first-order valence-electron chi connectivity index (χ1n) is 10.1. The predicted octanol–water partition coefficient (Wildman–Crippen LogP) is 3.71. The maximum absolute atomic E-state index is 13.0. The molecular formula is C23H27N3O3S. The molecule has 0 aromatic heterocycles. The van der Waals surface area contributed by atoms with Gasteiger partial charge < -0.3 is 15.8 Å². The van der Waals surface area contributed by atoms with E-state index in [0.29, 0.717) is 13.1 Å². The van der Waals surface area contributed by atoms with Crippen molar-refractivity contribution in [1.82, 2.24) is 4.31 Å². The zero-order chi connectivity index (χ0) is 21.3. The van der Waals surface area contributed by atoms with Gasteiger partial charge in [0.2, 0.25) is 10.0 Å². The molecule has 0 spiro atoms. The molecule has 1 heterocycles. The highest BCUT2D eigenvalue weighted by Gasteiger charge is 2.32. The quantitative estimate of drug-likeness (QED) is 0.609. The van der Waals surface area contributed by atoms with Gasteiger partial charge in [-0.2, -0.15) is 4.31 Å². The second-order valence-electron chi connectivity index (χ2n) is 7.79. The van der Waals surface area contributed by atoms with Gasteiger partial charge in [0.25, 0.3) is 0 Å². The Morgan fingerprint density at radius 2 is 1.60 bits per heavy atom. The van der Waals surface area contributed by atoms with E-state index in [9.17, 15) is 8.42 Å². The molecular weight excluding hydrogens is 398 g/mol. The number of anilines is 1. The van der Waals surface area contributed by atoms with Crippen LogP contribution >= 0.6 is 0 Å². The highest BCUT2D eigenvalue weighted by molar-refractivity contribution is 7.89. The highest BCUT2D eigenvalue weighted by Crippen LogP contribution is 2.26. The summed E-state index contributed by atoms with van der Waals surface area (Å²) < 4.78 is 33.2. The molecule has 3 aromatic rings. The molecule has 4 rings (SSSR count). The summed E-state index contributed by atoms with van der Waals surface area (Å²) in [7, 11) is -3.56. The van der Waals surface area contributed by atoms with E-state index in [1.54, 1.807) is 24.3 Å². The fourth-order valence-corrected chi connectivity index (χ4v) is 5.57. The van der Waals surface area contributed by atoms with Gasteiger partial charge in [-0.3, -0.25) is 0 Å². The molecule has 1 saturated heterocycles. The second-order valence-corrected chi connectivity index (χ2v) is 9.73. The van der Waals surface area contributed by atoms with Crippen molar-refractivity contribution in [3.8, 4) is 0 Å². The molecule has 1 aliphatic heterocycles. The summed E-state index contributed by atoms with van der Waals surface area (Å²) in [6.07, 6.45) is -0.661. The molecule has 0 radical (unpaired) electrons. The first kappa shape index (κ1) is 20.8. The van der Waals surface area contributed by atoms with Crippen LogP contribution < -0.4 is 11.1 Å². The molecule has 1 aliphatic rings. The molecule has 3 atom stereocenters. The van der Waals surface area contributed by atoms with E-state index in [2.05, 4.69) is 17.4 Å². The molecule has 7 heteroatoms. The number of fused-ring (bicyclic) bond motifs is 1. The second kappa shape index (κ2) is 8.35. The third-order valence-corrected chi connectivity index (χ3v) is 7.20. The highest BCUT2D eigenvalue weighted by atomic mass is 32.2. The predicted molar refractivity (Wildman–Crippen MR) is 120 cm³/mol. The maximum atomic E-state index is 13.0. The zero-order valence-electron chi connectivity index (χ0n) is 17.2. The Balaban J connectivity index is 1.52. The lowest BCUT2D eigenvalue weighted by Crippen LogP contribution is -2.48. The van der Waals surface area contributed by atoms with Gasteiger partial charge in [-0.1, -0.05) is 42.5 Å². The van der Waals surface area contributed by atoms with Crippen molar-refractivity contribution in [3.63, 3.8) is 0 Å². The van der Waals surface area contributed by atoms with E-state index in [4.69, 9.17) is 10.5 Å². The number of nitrogens with zero attached hydrogens (tertiary/aromatic N) is 1. The van der Waals surface area contributed by atoms with Crippen LogP contribution in [-0.4, -0.2) is 38.0 Å². The van der Waals surface area contributed by atoms with E-state index < -0.39 is 16.2 Å². The number of nitrogens with two attached hydrogens (primary N) is 1. The largest absolute Gasteiger partial charge is 0.373 e. The van der Waals surface area contributed by atoms with Crippen molar-refractivity contribution in [2.24, 2.45) is 5.73 Å². The van der Waals surface area contributed by atoms with Crippen molar-refractivity contribution in [1.29, 1.82) is 0 Å². The van der Waals surface area contributed by atoms with E-state index in [1.165, 1.54) is 4.31 Å². The number of morpholine rings is 1. The van der Waals surface area contributed by atoms with Crippen LogP contribution in [0.4, 0.5) is 5.69 Å². The minimum atomic E-state index is -3.56. The van der Waals surface area contributed by atoms with Gasteiger partial charge in [0, 0.05) is 18.8 Å². The molecule has 3 N–H and O–H groups in total. The Kier molecular flexibility index (Phi) is 5.79. The van der Waals surface area contributed by atoms with Crippen molar-refractivity contribution in [2.45, 2.75) is 37.1 Å². The van der Waals surface area contributed by atoms with Crippen LogP contribution in [0.1, 0.15) is 25.6 Å². The molecule has 0 amide bonds. The molecule has 0 aliphatic carbocycles. The van der Waals surface area contributed by atoms with Crippen molar-refractivity contribution in [2.75, 3.05) is 18.4 Å². The third kappa shape index (κ3) is 4.20. The number of ether oxygens (including phenoxy) is 1. The Morgan fingerprint density at radius 3 is 2.30 bits per heavy atom. The minimum absolute atomic E-state index is 0.122. The summed E-state index contributed by atoms with van der Waals surface area (Å²) in [6.45, 7) is 4.50. The lowest BCUT2D eigenvalue weighted by atomic mass is 10.0. The number of benzene rings is 3. The van der Waals surface area contributed by atoms with Crippen LogP contribution in [0, 0.1) is 0 Å². The molecule has 158 valence electrons. The van der Waals surface area contributed by atoms with Crippen LogP contribution in [0.15, 0.2) is 71.6 Å². The minimum Gasteiger partial charge on any atom is -0.373 e. The van der Waals surface area contributed by atoms with Crippen LogP contribution in [-0.2, 0) is 14.8 Å². The summed E-state index contributed by atoms with van der Waals surface area (Å²) >= 11 is 0. The number of hydrogen-bond acceptors (Lipinski definition) is 5. The summed E-state index contributed by atoms with van der Waals surface area (Å²) in [5, 5.41) is 5.49. The lowest BCUT2D eigenvalue weighted by molar-refractivity contribution is -0.0440. The average Bonchev–Trinajstić information content (AvgIpc) is 2.73. The lowest BCUT2D eigenvalue weighted by Gasteiger charge is -2.34. The zero-order valence-corrected chi connectivity index (χ0v) is 18.0. The summed E-state index contributed by atoms with van der Waals surface area (Å²) in [6, 6.07) is 20.9. The van der Waals surface area contributed by atoms with E-state index >= 15 is 0 Å². The van der Waals surface area contributed by atoms with Crippen LogP contribution in [0.2, 0.25) is 0 Å². The fraction of sp³-hybridized carbons (Fsp3) is 0.304. The van der Waals surface area contributed by atoms with Crippen molar-refractivity contribution >= 4 is 26.5 Å². The Labute approximate surface area is 177 Å². The maximum Gasteiger partial charge on any atom is 0.243 e. The van der Waals surface area contributed by atoms with Gasteiger partial charge in [0.15, 0.2) is 0 Å². The normalized spacial score (nSPS) is 21.4. The van der Waals surface area contributed by atoms with E-state index in [-0.39, 0.29) is 17.1 Å². The third-order valence-electron chi connectivity index (χ3n) is 5.36. The Bertz CT molecular complexity index is 1120. The van der Waals surface area contributed by atoms with Crippen LogP contribution in [0.25, 0.3) is 10.8 Å². The van der Waals surface area contributed by atoms with Crippen molar-refractivity contribution in [3.05, 3.63) is 72.3 Å². The number of rotatable bonds is 5. The topological polar surface area (TPSA) is 84.7 Å². The smallest absolute Gasteiger partial charge is 0.243 e. The molecule has 1 fully saturated rings.